The molecule has 0 amide bonds. The molecule has 5 heteroatoms. The molecule has 0 aromatic carbocycles. The number of terminal acetylenes is 1. The largest absolute Gasteiger partial charge is 0.290 e. The Labute approximate surface area is 108 Å². The molecule has 0 aliphatic rings. The number of hydrogen-bond donors (Lipinski definition) is 0. The highest BCUT2D eigenvalue weighted by atomic mass is 32.2. The van der Waals surface area contributed by atoms with Crippen molar-refractivity contribution in [2.24, 2.45) is 7.05 Å². The lowest BCUT2D eigenvalue weighted by Gasteiger charge is -2.05. The minimum atomic E-state index is 0.0105. The van der Waals surface area contributed by atoms with Crippen molar-refractivity contribution in [3.8, 4) is 12.3 Å². The number of hydrogen-bond acceptors (Lipinski definition) is 4. The third-order valence-corrected chi connectivity index (χ3v) is 4.69. The molecular formula is C12H12N2OS2. The first-order chi connectivity index (χ1) is 8.06. The van der Waals surface area contributed by atoms with Gasteiger partial charge in [-0.2, -0.15) is 0 Å². The first-order valence-corrected chi connectivity index (χ1v) is 6.89. The van der Waals surface area contributed by atoms with E-state index in [1.807, 2.05) is 13.8 Å². The zero-order valence-electron chi connectivity index (χ0n) is 9.90. The van der Waals surface area contributed by atoms with Crippen molar-refractivity contribution in [1.82, 2.24) is 9.55 Å². The van der Waals surface area contributed by atoms with Crippen molar-refractivity contribution in [3.05, 3.63) is 20.8 Å². The molecule has 0 radical (unpaired) electrons. The van der Waals surface area contributed by atoms with Gasteiger partial charge in [-0.15, -0.1) is 17.8 Å². The van der Waals surface area contributed by atoms with E-state index in [1.165, 1.54) is 11.8 Å². The molecule has 0 saturated heterocycles. The number of aromatic nitrogens is 2. The van der Waals surface area contributed by atoms with E-state index in [0.29, 0.717) is 10.9 Å². The Bertz CT molecular complexity index is 676. The number of fused-ring (bicyclic) bond motifs is 1. The van der Waals surface area contributed by atoms with E-state index < -0.39 is 0 Å². The number of aryl methyl sites for hydroxylation is 2. The van der Waals surface area contributed by atoms with E-state index in [-0.39, 0.29) is 5.56 Å². The number of thioether (sulfide) groups is 1. The lowest BCUT2D eigenvalue weighted by Crippen LogP contribution is -2.19. The summed E-state index contributed by atoms with van der Waals surface area (Å²) in [5.74, 6) is 3.06. The van der Waals surface area contributed by atoms with Crippen LogP contribution in [0.3, 0.4) is 0 Å². The van der Waals surface area contributed by atoms with Gasteiger partial charge >= 0.3 is 0 Å². The molecule has 2 rings (SSSR count). The minimum Gasteiger partial charge on any atom is -0.290 e. The average Bonchev–Trinajstić information content (AvgIpc) is 2.58. The Balaban J connectivity index is 2.72. The second kappa shape index (κ2) is 4.55. The van der Waals surface area contributed by atoms with Crippen molar-refractivity contribution in [3.63, 3.8) is 0 Å². The molecule has 0 atom stereocenters. The normalized spacial score (nSPS) is 10.7. The van der Waals surface area contributed by atoms with Crippen LogP contribution in [0.5, 0.6) is 0 Å². The van der Waals surface area contributed by atoms with Gasteiger partial charge in [0.2, 0.25) is 0 Å². The van der Waals surface area contributed by atoms with E-state index in [0.717, 1.165) is 20.7 Å². The van der Waals surface area contributed by atoms with Crippen LogP contribution < -0.4 is 5.56 Å². The predicted octanol–water partition coefficient (Wildman–Crippen LogP) is 2.34. The van der Waals surface area contributed by atoms with Crippen molar-refractivity contribution in [2.75, 3.05) is 5.75 Å². The molecule has 0 unspecified atom stereocenters. The first kappa shape index (κ1) is 12.2. The van der Waals surface area contributed by atoms with Crippen LogP contribution in [-0.4, -0.2) is 15.3 Å². The SMILES string of the molecule is C#CCSc1nc2sc(C)c(C)c2c(=O)n1C. The maximum atomic E-state index is 12.2. The molecule has 0 N–H and O–H groups in total. The highest BCUT2D eigenvalue weighted by Crippen LogP contribution is 2.27. The quantitative estimate of drug-likeness (QED) is 0.474. The van der Waals surface area contributed by atoms with Crippen LogP contribution in [0.25, 0.3) is 10.2 Å². The number of nitrogens with zero attached hydrogens (tertiary/aromatic N) is 2. The molecule has 0 saturated carbocycles. The van der Waals surface area contributed by atoms with Crippen molar-refractivity contribution in [1.29, 1.82) is 0 Å². The van der Waals surface area contributed by atoms with Gasteiger partial charge in [0.1, 0.15) is 4.83 Å². The molecule has 0 fully saturated rings. The van der Waals surface area contributed by atoms with Crippen LogP contribution in [0, 0.1) is 26.2 Å². The first-order valence-electron chi connectivity index (χ1n) is 5.09. The van der Waals surface area contributed by atoms with Crippen LogP contribution in [0.4, 0.5) is 0 Å². The second-order valence-electron chi connectivity index (χ2n) is 3.71. The number of thiophene rings is 1. The molecule has 17 heavy (non-hydrogen) atoms. The minimum absolute atomic E-state index is 0.0105. The summed E-state index contributed by atoms with van der Waals surface area (Å²) >= 11 is 2.97. The van der Waals surface area contributed by atoms with Gasteiger partial charge < -0.3 is 0 Å². The van der Waals surface area contributed by atoms with E-state index >= 15 is 0 Å². The molecule has 0 aliphatic carbocycles. The molecule has 88 valence electrons. The van der Waals surface area contributed by atoms with Gasteiger partial charge in [0.25, 0.3) is 5.56 Å². The Morgan fingerprint density at radius 1 is 1.53 bits per heavy atom. The predicted molar refractivity (Wildman–Crippen MR) is 73.9 cm³/mol. The van der Waals surface area contributed by atoms with Gasteiger partial charge in [-0.1, -0.05) is 17.7 Å². The molecule has 0 aliphatic heterocycles. The summed E-state index contributed by atoms with van der Waals surface area (Å²) in [7, 11) is 1.74. The summed E-state index contributed by atoms with van der Waals surface area (Å²) in [6, 6.07) is 0. The fourth-order valence-corrected chi connectivity index (χ4v) is 3.31. The molecule has 0 bridgehead atoms. The third-order valence-electron chi connectivity index (χ3n) is 2.65. The topological polar surface area (TPSA) is 34.9 Å². The summed E-state index contributed by atoms with van der Waals surface area (Å²) in [4.78, 5) is 18.7. The summed E-state index contributed by atoms with van der Waals surface area (Å²) in [5, 5.41) is 1.42. The van der Waals surface area contributed by atoms with Gasteiger partial charge in [0, 0.05) is 11.9 Å². The third kappa shape index (κ3) is 1.99. The average molecular weight is 264 g/mol. The lowest BCUT2D eigenvalue weighted by atomic mass is 10.2. The lowest BCUT2D eigenvalue weighted by molar-refractivity contribution is 0.728. The maximum absolute atomic E-state index is 12.2. The van der Waals surface area contributed by atoms with Gasteiger partial charge in [-0.3, -0.25) is 9.36 Å². The summed E-state index contributed by atoms with van der Waals surface area (Å²) in [6.07, 6.45) is 5.22. The molecule has 2 aromatic heterocycles. The van der Waals surface area contributed by atoms with Crippen molar-refractivity contribution >= 4 is 33.3 Å². The molecule has 2 aromatic rings. The molecule has 0 spiro atoms. The van der Waals surface area contributed by atoms with Gasteiger partial charge in [0.05, 0.1) is 11.1 Å². The van der Waals surface area contributed by atoms with E-state index in [2.05, 4.69) is 10.9 Å². The van der Waals surface area contributed by atoms with Crippen LogP contribution >= 0.6 is 23.1 Å². The smallest absolute Gasteiger partial charge is 0.262 e. The summed E-state index contributed by atoms with van der Waals surface area (Å²) < 4.78 is 1.57. The highest BCUT2D eigenvalue weighted by Gasteiger charge is 2.14. The van der Waals surface area contributed by atoms with Gasteiger partial charge in [0.15, 0.2) is 5.16 Å². The van der Waals surface area contributed by atoms with E-state index in [9.17, 15) is 4.79 Å². The monoisotopic (exact) mass is 264 g/mol. The van der Waals surface area contributed by atoms with Crippen LogP contribution in [-0.2, 0) is 7.05 Å². The number of rotatable bonds is 2. The molecule has 3 nitrogen and oxygen atoms in total. The zero-order chi connectivity index (χ0) is 12.6. The van der Waals surface area contributed by atoms with Crippen LogP contribution in [0.15, 0.2) is 9.95 Å². The second-order valence-corrected chi connectivity index (χ2v) is 5.86. The summed E-state index contributed by atoms with van der Waals surface area (Å²) in [6.45, 7) is 3.97. The Kier molecular flexibility index (Phi) is 3.27. The fraction of sp³-hybridized carbons (Fsp3) is 0.333. The Hall–Kier alpha value is -1.25. The van der Waals surface area contributed by atoms with Crippen LogP contribution in [0.1, 0.15) is 10.4 Å². The zero-order valence-corrected chi connectivity index (χ0v) is 11.5. The Morgan fingerprint density at radius 3 is 2.88 bits per heavy atom. The molecule has 2 heterocycles. The van der Waals surface area contributed by atoms with Crippen molar-refractivity contribution in [2.45, 2.75) is 19.0 Å². The van der Waals surface area contributed by atoms with Crippen molar-refractivity contribution < 1.29 is 0 Å². The van der Waals surface area contributed by atoms with Gasteiger partial charge in [-0.05, 0) is 19.4 Å². The standard InChI is InChI=1S/C12H12N2OS2/c1-5-6-16-12-13-10-9(11(15)14(12)4)7(2)8(3)17-10/h1H,6H2,2-4H3. The van der Waals surface area contributed by atoms with Gasteiger partial charge in [-0.25, -0.2) is 4.98 Å². The maximum Gasteiger partial charge on any atom is 0.262 e. The molecular weight excluding hydrogens is 252 g/mol. The van der Waals surface area contributed by atoms with Crippen LogP contribution in [0.2, 0.25) is 0 Å². The van der Waals surface area contributed by atoms with E-state index in [1.54, 1.807) is 23.0 Å². The fourth-order valence-electron chi connectivity index (χ4n) is 1.59. The summed E-state index contributed by atoms with van der Waals surface area (Å²) in [5.41, 5.74) is 1.04. The van der Waals surface area contributed by atoms with E-state index in [4.69, 9.17) is 6.42 Å². The highest BCUT2D eigenvalue weighted by molar-refractivity contribution is 7.99. The Morgan fingerprint density at radius 2 is 2.24 bits per heavy atom.